The van der Waals surface area contributed by atoms with Crippen molar-refractivity contribution in [1.29, 1.82) is 0 Å². The Bertz CT molecular complexity index is 1030. The summed E-state index contributed by atoms with van der Waals surface area (Å²) < 4.78 is 0. The summed E-state index contributed by atoms with van der Waals surface area (Å²) in [6.45, 7) is 1.93. The van der Waals surface area contributed by atoms with Crippen LogP contribution < -0.4 is 10.7 Å². The smallest absolute Gasteiger partial charge is 0.271 e. The van der Waals surface area contributed by atoms with E-state index in [1.165, 1.54) is 6.21 Å². The molecule has 140 valence electrons. The SMILES string of the molecule is Cc1cccc(C(=O)Nc2ccc(C(=O)NN=Cc3ccccc3Cl)cc2)c1. The van der Waals surface area contributed by atoms with Gasteiger partial charge in [-0.1, -0.05) is 47.5 Å². The van der Waals surface area contributed by atoms with Gasteiger partial charge in [-0.25, -0.2) is 5.43 Å². The van der Waals surface area contributed by atoms with Crippen LogP contribution in [0.5, 0.6) is 0 Å². The Balaban J connectivity index is 1.60. The molecule has 0 bridgehead atoms. The third-order valence-corrected chi connectivity index (χ3v) is 4.30. The van der Waals surface area contributed by atoms with Gasteiger partial charge in [0, 0.05) is 27.4 Å². The molecule has 0 saturated carbocycles. The molecular formula is C22H18ClN3O2. The highest BCUT2D eigenvalue weighted by Gasteiger charge is 2.08. The summed E-state index contributed by atoms with van der Waals surface area (Å²) in [6, 6.07) is 21.1. The monoisotopic (exact) mass is 391 g/mol. The zero-order chi connectivity index (χ0) is 19.9. The van der Waals surface area contributed by atoms with Gasteiger partial charge in [0.1, 0.15) is 0 Å². The van der Waals surface area contributed by atoms with Gasteiger partial charge in [0.25, 0.3) is 11.8 Å². The minimum absolute atomic E-state index is 0.203. The molecule has 5 nitrogen and oxygen atoms in total. The van der Waals surface area contributed by atoms with Gasteiger partial charge in [-0.2, -0.15) is 5.10 Å². The first-order chi connectivity index (χ1) is 13.5. The van der Waals surface area contributed by atoms with Crippen LogP contribution in [0.4, 0.5) is 5.69 Å². The van der Waals surface area contributed by atoms with Gasteiger partial charge in [-0.15, -0.1) is 0 Å². The second-order valence-electron chi connectivity index (χ2n) is 6.12. The topological polar surface area (TPSA) is 70.6 Å². The quantitative estimate of drug-likeness (QED) is 0.490. The molecule has 0 heterocycles. The van der Waals surface area contributed by atoms with E-state index in [9.17, 15) is 9.59 Å². The largest absolute Gasteiger partial charge is 0.322 e. The minimum Gasteiger partial charge on any atom is -0.322 e. The van der Waals surface area contributed by atoms with Gasteiger partial charge in [0.2, 0.25) is 0 Å². The fourth-order valence-electron chi connectivity index (χ4n) is 2.50. The maximum Gasteiger partial charge on any atom is 0.271 e. The molecule has 0 unspecified atom stereocenters. The fourth-order valence-corrected chi connectivity index (χ4v) is 2.68. The third kappa shape index (κ3) is 5.05. The molecule has 0 saturated heterocycles. The lowest BCUT2D eigenvalue weighted by atomic mass is 10.1. The van der Waals surface area contributed by atoms with Gasteiger partial charge in [-0.3, -0.25) is 9.59 Å². The Morgan fingerprint density at radius 2 is 1.64 bits per heavy atom. The molecule has 3 rings (SSSR count). The highest BCUT2D eigenvalue weighted by molar-refractivity contribution is 6.33. The highest BCUT2D eigenvalue weighted by Crippen LogP contribution is 2.13. The van der Waals surface area contributed by atoms with Crippen molar-refractivity contribution in [2.45, 2.75) is 6.92 Å². The van der Waals surface area contributed by atoms with Crippen molar-refractivity contribution in [1.82, 2.24) is 5.43 Å². The van der Waals surface area contributed by atoms with Crippen LogP contribution in [0, 0.1) is 6.92 Å². The molecule has 0 radical (unpaired) electrons. The molecular weight excluding hydrogens is 374 g/mol. The van der Waals surface area contributed by atoms with Crippen LogP contribution in [-0.2, 0) is 0 Å². The molecule has 3 aromatic carbocycles. The highest BCUT2D eigenvalue weighted by atomic mass is 35.5. The first-order valence-corrected chi connectivity index (χ1v) is 8.97. The number of benzene rings is 3. The average molecular weight is 392 g/mol. The lowest BCUT2D eigenvalue weighted by molar-refractivity contribution is 0.0954. The summed E-state index contributed by atoms with van der Waals surface area (Å²) in [4.78, 5) is 24.4. The van der Waals surface area contributed by atoms with Crippen LogP contribution in [0.2, 0.25) is 5.02 Å². The van der Waals surface area contributed by atoms with Crippen molar-refractivity contribution in [3.63, 3.8) is 0 Å². The zero-order valence-electron chi connectivity index (χ0n) is 15.1. The van der Waals surface area contributed by atoms with E-state index in [0.29, 0.717) is 27.4 Å². The molecule has 6 heteroatoms. The summed E-state index contributed by atoms with van der Waals surface area (Å²) in [5.41, 5.74) is 5.77. The molecule has 0 aromatic heterocycles. The predicted molar refractivity (Wildman–Crippen MR) is 112 cm³/mol. The van der Waals surface area contributed by atoms with E-state index < -0.39 is 0 Å². The van der Waals surface area contributed by atoms with Gasteiger partial charge in [0.15, 0.2) is 0 Å². The van der Waals surface area contributed by atoms with E-state index in [0.717, 1.165) is 5.56 Å². The van der Waals surface area contributed by atoms with Crippen LogP contribution in [0.25, 0.3) is 0 Å². The standard InChI is InChI=1S/C22H18ClN3O2/c1-15-5-4-7-17(13-15)21(27)25-19-11-9-16(10-12-19)22(28)26-24-14-18-6-2-3-8-20(18)23/h2-14H,1H3,(H,25,27)(H,26,28). The first kappa shape index (κ1) is 19.3. The average Bonchev–Trinajstić information content (AvgIpc) is 2.70. The van der Waals surface area contributed by atoms with E-state index in [1.807, 2.05) is 37.3 Å². The molecule has 0 spiro atoms. The fraction of sp³-hybridized carbons (Fsp3) is 0.0455. The number of amides is 2. The van der Waals surface area contributed by atoms with Crippen molar-refractivity contribution in [2.24, 2.45) is 5.10 Å². The van der Waals surface area contributed by atoms with E-state index >= 15 is 0 Å². The second-order valence-corrected chi connectivity index (χ2v) is 6.53. The molecule has 2 amide bonds. The Morgan fingerprint density at radius 3 is 2.36 bits per heavy atom. The summed E-state index contributed by atoms with van der Waals surface area (Å²) >= 11 is 6.03. The maximum atomic E-state index is 12.3. The lowest BCUT2D eigenvalue weighted by Gasteiger charge is -2.07. The number of nitrogens with one attached hydrogen (secondary N) is 2. The van der Waals surface area contributed by atoms with E-state index in [-0.39, 0.29) is 11.8 Å². The van der Waals surface area contributed by atoms with Crippen LogP contribution >= 0.6 is 11.6 Å². The first-order valence-electron chi connectivity index (χ1n) is 8.59. The Labute approximate surface area is 168 Å². The Hall–Kier alpha value is -3.44. The van der Waals surface area contributed by atoms with E-state index in [2.05, 4.69) is 15.8 Å². The molecule has 0 atom stereocenters. The van der Waals surface area contributed by atoms with Crippen LogP contribution in [0.3, 0.4) is 0 Å². The molecule has 0 aliphatic carbocycles. The Morgan fingerprint density at radius 1 is 0.893 bits per heavy atom. The molecule has 28 heavy (non-hydrogen) atoms. The lowest BCUT2D eigenvalue weighted by Crippen LogP contribution is -2.18. The van der Waals surface area contributed by atoms with Gasteiger partial charge in [-0.05, 0) is 49.4 Å². The number of anilines is 1. The molecule has 2 N–H and O–H groups in total. The van der Waals surface area contributed by atoms with E-state index in [4.69, 9.17) is 11.6 Å². The van der Waals surface area contributed by atoms with Crippen molar-refractivity contribution >= 4 is 35.3 Å². The van der Waals surface area contributed by atoms with Crippen molar-refractivity contribution in [2.75, 3.05) is 5.32 Å². The maximum absolute atomic E-state index is 12.3. The van der Waals surface area contributed by atoms with Crippen LogP contribution in [0.1, 0.15) is 31.8 Å². The number of nitrogens with zero attached hydrogens (tertiary/aromatic N) is 1. The number of hydrogen-bond donors (Lipinski definition) is 2. The molecule has 0 aliphatic rings. The summed E-state index contributed by atoms with van der Waals surface area (Å²) in [5.74, 6) is -0.565. The van der Waals surface area contributed by atoms with Crippen LogP contribution in [0.15, 0.2) is 77.9 Å². The van der Waals surface area contributed by atoms with Crippen molar-refractivity contribution < 1.29 is 9.59 Å². The van der Waals surface area contributed by atoms with E-state index in [1.54, 1.807) is 42.5 Å². The number of rotatable bonds is 5. The second kappa shape index (κ2) is 8.97. The Kier molecular flexibility index (Phi) is 6.19. The number of aryl methyl sites for hydroxylation is 1. The van der Waals surface area contributed by atoms with Crippen molar-refractivity contribution in [3.05, 3.63) is 100 Å². The number of carbonyl (C=O) groups is 2. The van der Waals surface area contributed by atoms with Crippen LogP contribution in [-0.4, -0.2) is 18.0 Å². The normalized spacial score (nSPS) is 10.6. The van der Waals surface area contributed by atoms with Crippen molar-refractivity contribution in [3.8, 4) is 0 Å². The van der Waals surface area contributed by atoms with Gasteiger partial charge < -0.3 is 5.32 Å². The minimum atomic E-state index is -0.361. The predicted octanol–water partition coefficient (Wildman–Crippen LogP) is 4.66. The molecule has 0 aliphatic heterocycles. The number of hydrogen-bond acceptors (Lipinski definition) is 3. The third-order valence-electron chi connectivity index (χ3n) is 3.96. The summed E-state index contributed by atoms with van der Waals surface area (Å²) in [7, 11) is 0. The van der Waals surface area contributed by atoms with Gasteiger partial charge >= 0.3 is 0 Å². The molecule has 0 fully saturated rings. The number of hydrazone groups is 1. The number of carbonyl (C=O) groups excluding carboxylic acids is 2. The number of halogens is 1. The molecule has 3 aromatic rings. The summed E-state index contributed by atoms with van der Waals surface area (Å²) in [5, 5.41) is 7.28. The zero-order valence-corrected chi connectivity index (χ0v) is 15.9. The summed E-state index contributed by atoms with van der Waals surface area (Å²) in [6.07, 6.45) is 1.48. The van der Waals surface area contributed by atoms with Gasteiger partial charge in [0.05, 0.1) is 6.21 Å².